The second kappa shape index (κ2) is 9.41. The first-order valence-electron chi connectivity index (χ1n) is 14.1. The van der Waals surface area contributed by atoms with Gasteiger partial charge in [-0.1, -0.05) is 59.0 Å². The number of aliphatic hydroxyl groups is 1. The van der Waals surface area contributed by atoms with Crippen LogP contribution < -0.4 is 0 Å². The Morgan fingerprint density at radius 2 is 1.82 bits per heavy atom. The maximum absolute atomic E-state index is 12.0. The third-order valence-corrected chi connectivity index (χ3v) is 11.3. The number of carbonyl (C=O) groups is 1. The first-order valence-corrected chi connectivity index (χ1v) is 14.1. The maximum Gasteiger partial charge on any atom is 0.302 e. The molecule has 0 saturated heterocycles. The smallest absolute Gasteiger partial charge is 0.302 e. The van der Waals surface area contributed by atoms with Gasteiger partial charge in [0, 0.05) is 18.8 Å². The van der Waals surface area contributed by atoms with Crippen LogP contribution in [0.2, 0.25) is 0 Å². The van der Waals surface area contributed by atoms with Crippen molar-refractivity contribution in [3.05, 3.63) is 0 Å². The van der Waals surface area contributed by atoms with Crippen LogP contribution in [0.25, 0.3) is 0 Å². The molecule has 2 N–H and O–H groups in total. The number of hydrogen-bond donors (Lipinski definition) is 2. The number of oxime groups is 1. The van der Waals surface area contributed by atoms with Crippen molar-refractivity contribution in [1.82, 2.24) is 0 Å². The highest BCUT2D eigenvalue weighted by atomic mass is 16.5. The Hall–Kier alpha value is -1.10. The van der Waals surface area contributed by atoms with Crippen molar-refractivity contribution in [1.29, 1.82) is 0 Å². The van der Waals surface area contributed by atoms with Crippen molar-refractivity contribution in [3.63, 3.8) is 0 Å². The van der Waals surface area contributed by atoms with Crippen molar-refractivity contribution in [2.45, 2.75) is 124 Å². The van der Waals surface area contributed by atoms with Gasteiger partial charge < -0.3 is 15.1 Å². The summed E-state index contributed by atoms with van der Waals surface area (Å²) in [5.74, 6) is 3.53. The zero-order valence-corrected chi connectivity index (χ0v) is 22.5. The molecule has 0 unspecified atom stereocenters. The lowest BCUT2D eigenvalue weighted by molar-refractivity contribution is -0.183. The molecule has 0 bridgehead atoms. The van der Waals surface area contributed by atoms with Gasteiger partial charge in [-0.25, -0.2) is 0 Å². The van der Waals surface area contributed by atoms with Crippen LogP contribution >= 0.6 is 0 Å². The Morgan fingerprint density at radius 1 is 1.09 bits per heavy atom. The Bertz CT molecular complexity index is 795. The molecule has 9 atom stereocenters. The van der Waals surface area contributed by atoms with Gasteiger partial charge in [-0.3, -0.25) is 4.79 Å². The molecule has 4 aliphatic rings. The number of nitrogens with zero attached hydrogens (tertiary/aromatic N) is 1. The van der Waals surface area contributed by atoms with E-state index >= 15 is 0 Å². The summed E-state index contributed by atoms with van der Waals surface area (Å²) in [7, 11) is 0. The van der Waals surface area contributed by atoms with E-state index in [1.807, 2.05) is 0 Å². The Balaban J connectivity index is 1.56. The van der Waals surface area contributed by atoms with E-state index in [-0.39, 0.29) is 17.5 Å². The standard InChI is InChI=1S/C29H49NO4/c1-18(2)8-7-9-19(3)23-10-11-24-22-16-26(30-33)29(32)17-21(34-20(4)31)12-15-28(29,6)25(22)13-14-27(23,24)5/h18-19,21-25,32-33H,7-17H2,1-6H3/b30-26-/t19-,21+,22-,23-,24-,25-,27-,28-,29-/m1/s1. The zero-order chi connectivity index (χ0) is 24.9. The maximum atomic E-state index is 12.0. The average Bonchev–Trinajstić information content (AvgIpc) is 3.11. The zero-order valence-electron chi connectivity index (χ0n) is 22.5. The van der Waals surface area contributed by atoms with E-state index in [1.54, 1.807) is 0 Å². The molecule has 0 aromatic rings. The van der Waals surface area contributed by atoms with Crippen molar-refractivity contribution in [3.8, 4) is 0 Å². The topological polar surface area (TPSA) is 79.1 Å². The summed E-state index contributed by atoms with van der Waals surface area (Å²) in [6, 6.07) is 0. The van der Waals surface area contributed by atoms with Crippen molar-refractivity contribution in [2.24, 2.45) is 51.5 Å². The first kappa shape index (κ1) is 26.0. The molecule has 0 spiro atoms. The van der Waals surface area contributed by atoms with Crippen LogP contribution in [-0.4, -0.2) is 33.7 Å². The Labute approximate surface area is 207 Å². The molecule has 0 aliphatic heterocycles. The minimum atomic E-state index is -1.20. The van der Waals surface area contributed by atoms with Gasteiger partial charge in [-0.15, -0.1) is 0 Å². The van der Waals surface area contributed by atoms with E-state index in [1.165, 1.54) is 45.4 Å². The summed E-state index contributed by atoms with van der Waals surface area (Å²) >= 11 is 0. The van der Waals surface area contributed by atoms with Gasteiger partial charge in [0.25, 0.3) is 0 Å². The first-order chi connectivity index (χ1) is 16.0. The molecular weight excluding hydrogens is 426 g/mol. The number of esters is 1. The number of rotatable bonds is 6. The lowest BCUT2D eigenvalue weighted by atomic mass is 9.42. The molecule has 0 radical (unpaired) electrons. The normalized spacial score (nSPS) is 46.0. The fourth-order valence-electron chi connectivity index (χ4n) is 9.51. The average molecular weight is 476 g/mol. The van der Waals surface area contributed by atoms with Gasteiger partial charge in [0.1, 0.15) is 11.7 Å². The van der Waals surface area contributed by atoms with Crippen molar-refractivity contribution in [2.75, 3.05) is 0 Å². The number of hydrogen-bond acceptors (Lipinski definition) is 5. The van der Waals surface area contributed by atoms with E-state index in [2.05, 4.69) is 39.8 Å². The van der Waals surface area contributed by atoms with Crippen molar-refractivity contribution < 1.29 is 19.8 Å². The van der Waals surface area contributed by atoms with E-state index in [0.29, 0.717) is 41.7 Å². The van der Waals surface area contributed by atoms with Crippen LogP contribution in [0.3, 0.4) is 0 Å². The predicted octanol–water partition coefficient (Wildman–Crippen LogP) is 6.59. The molecule has 34 heavy (non-hydrogen) atoms. The summed E-state index contributed by atoms with van der Waals surface area (Å²) in [6.45, 7) is 13.3. The van der Waals surface area contributed by atoms with E-state index < -0.39 is 5.60 Å². The van der Waals surface area contributed by atoms with Gasteiger partial charge in [-0.05, 0) is 85.9 Å². The molecule has 4 fully saturated rings. The van der Waals surface area contributed by atoms with Crippen LogP contribution in [0.15, 0.2) is 5.16 Å². The Kier molecular flexibility index (Phi) is 7.19. The number of fused-ring (bicyclic) bond motifs is 5. The van der Waals surface area contributed by atoms with Gasteiger partial charge in [0.05, 0.1) is 5.71 Å². The summed E-state index contributed by atoms with van der Waals surface area (Å²) in [4.78, 5) is 11.6. The number of carbonyl (C=O) groups excluding carboxylic acids is 1. The number of ether oxygens (including phenoxy) is 1. The molecule has 0 aromatic carbocycles. The summed E-state index contributed by atoms with van der Waals surface area (Å²) in [5, 5.41) is 25.8. The highest BCUT2D eigenvalue weighted by Crippen LogP contribution is 2.68. The van der Waals surface area contributed by atoms with Gasteiger partial charge in [0.2, 0.25) is 0 Å². The molecule has 4 aliphatic carbocycles. The van der Waals surface area contributed by atoms with E-state index in [0.717, 1.165) is 37.0 Å². The second-order valence-electron chi connectivity index (χ2n) is 13.4. The monoisotopic (exact) mass is 475 g/mol. The fraction of sp³-hybridized carbons (Fsp3) is 0.931. The van der Waals surface area contributed by atoms with Crippen LogP contribution in [0.5, 0.6) is 0 Å². The molecule has 194 valence electrons. The summed E-state index contributed by atoms with van der Waals surface area (Å²) < 4.78 is 5.52. The quantitative estimate of drug-likeness (QED) is 0.258. The third kappa shape index (κ3) is 4.12. The summed E-state index contributed by atoms with van der Waals surface area (Å²) in [5.41, 5.74) is -0.654. The lowest BCUT2D eigenvalue weighted by Crippen LogP contribution is -2.67. The van der Waals surface area contributed by atoms with Crippen LogP contribution in [-0.2, 0) is 9.53 Å². The molecule has 0 heterocycles. The Morgan fingerprint density at radius 3 is 2.47 bits per heavy atom. The molecular formula is C29H49NO4. The highest BCUT2D eigenvalue weighted by molar-refractivity contribution is 5.94. The van der Waals surface area contributed by atoms with Gasteiger partial charge in [0.15, 0.2) is 0 Å². The summed E-state index contributed by atoms with van der Waals surface area (Å²) in [6.07, 6.45) is 11.2. The molecule has 0 amide bonds. The molecule has 5 heteroatoms. The van der Waals surface area contributed by atoms with Crippen LogP contribution in [0.4, 0.5) is 0 Å². The van der Waals surface area contributed by atoms with Crippen LogP contribution in [0.1, 0.15) is 112 Å². The largest absolute Gasteiger partial charge is 0.462 e. The fourth-order valence-corrected chi connectivity index (χ4v) is 9.51. The second-order valence-corrected chi connectivity index (χ2v) is 13.4. The minimum Gasteiger partial charge on any atom is -0.462 e. The van der Waals surface area contributed by atoms with Crippen molar-refractivity contribution >= 4 is 11.7 Å². The molecule has 0 aromatic heterocycles. The minimum absolute atomic E-state index is 0.304. The van der Waals surface area contributed by atoms with E-state index in [9.17, 15) is 15.1 Å². The molecule has 5 nitrogen and oxygen atoms in total. The van der Waals surface area contributed by atoms with Gasteiger partial charge >= 0.3 is 5.97 Å². The highest BCUT2D eigenvalue weighted by Gasteiger charge is 2.67. The van der Waals surface area contributed by atoms with Crippen LogP contribution in [0, 0.1) is 46.3 Å². The predicted molar refractivity (Wildman–Crippen MR) is 135 cm³/mol. The molecule has 4 saturated carbocycles. The third-order valence-electron chi connectivity index (χ3n) is 11.3. The van der Waals surface area contributed by atoms with E-state index in [4.69, 9.17) is 4.74 Å². The van der Waals surface area contributed by atoms with Gasteiger partial charge in [-0.2, -0.15) is 0 Å². The SMILES string of the molecule is CC(=O)O[C@H]1CC[C@]2(C)[C@@H]3CC[C@@]4(C)[C@H](CC[C@@H]4[C@H](C)CCCC(C)C)[C@H]3C/C(=N/O)[C@]2(O)C1. The molecule has 4 rings (SSSR count). The lowest BCUT2D eigenvalue weighted by Gasteiger charge is -2.64.